The molecule has 1 amide bonds. The van der Waals surface area contributed by atoms with Crippen molar-refractivity contribution in [2.24, 2.45) is 4.99 Å². The Hall–Kier alpha value is -3.87. The van der Waals surface area contributed by atoms with E-state index < -0.39 is 11.1 Å². The van der Waals surface area contributed by atoms with E-state index in [1.807, 2.05) is 45.2 Å². The van der Waals surface area contributed by atoms with E-state index in [-0.39, 0.29) is 24.1 Å². The van der Waals surface area contributed by atoms with E-state index in [4.69, 9.17) is 14.5 Å². The van der Waals surface area contributed by atoms with Gasteiger partial charge in [0.25, 0.3) is 0 Å². The van der Waals surface area contributed by atoms with Crippen LogP contribution in [0.5, 0.6) is 0 Å². The number of fused-ring (bicyclic) bond motifs is 1. The molecule has 0 saturated heterocycles. The van der Waals surface area contributed by atoms with Gasteiger partial charge in [0.15, 0.2) is 0 Å². The quantitative estimate of drug-likeness (QED) is 0.533. The number of ether oxygens (including phenoxy) is 2. The molecule has 0 radical (unpaired) electrons. The van der Waals surface area contributed by atoms with Gasteiger partial charge in [-0.2, -0.15) is 0 Å². The third-order valence-corrected chi connectivity index (χ3v) is 7.15. The lowest BCUT2D eigenvalue weighted by molar-refractivity contribution is -0.135. The second-order valence-electron chi connectivity index (χ2n) is 10.8. The molecule has 0 bridgehead atoms. The van der Waals surface area contributed by atoms with Gasteiger partial charge in [0.2, 0.25) is 0 Å². The average molecular weight is 500 g/mol. The summed E-state index contributed by atoms with van der Waals surface area (Å²) in [6, 6.07) is 18.4. The molecular weight excluding hydrogens is 466 g/mol. The number of amidine groups is 1. The van der Waals surface area contributed by atoms with Gasteiger partial charge in [0.05, 0.1) is 24.3 Å². The maximum absolute atomic E-state index is 12.6. The highest BCUT2D eigenvalue weighted by Crippen LogP contribution is 2.46. The number of nitrogens with one attached hydrogen (secondary N) is 1. The number of carbonyl (C=O) groups excluding carboxylic acids is 2. The molecule has 2 heterocycles. The first-order chi connectivity index (χ1) is 17.7. The summed E-state index contributed by atoms with van der Waals surface area (Å²) in [5.74, 6) is 0.346. The predicted octanol–water partition coefficient (Wildman–Crippen LogP) is 5.71. The summed E-state index contributed by atoms with van der Waals surface area (Å²) in [6.45, 7) is 5.60. The van der Waals surface area contributed by atoms with E-state index in [0.29, 0.717) is 5.57 Å². The number of amides is 1. The van der Waals surface area contributed by atoms with E-state index in [1.54, 1.807) is 12.2 Å². The number of nitrogens with zero attached hydrogens (tertiary/aromatic N) is 2. The fourth-order valence-corrected chi connectivity index (χ4v) is 5.21. The Morgan fingerprint density at radius 3 is 2.32 bits per heavy atom. The summed E-state index contributed by atoms with van der Waals surface area (Å²) >= 11 is 0. The first kappa shape index (κ1) is 24.8. The van der Waals surface area contributed by atoms with Crippen LogP contribution >= 0.6 is 0 Å². The molecule has 1 aliphatic carbocycles. The molecule has 7 nitrogen and oxygen atoms in total. The van der Waals surface area contributed by atoms with E-state index in [1.165, 1.54) is 7.11 Å². The van der Waals surface area contributed by atoms with Gasteiger partial charge in [0, 0.05) is 6.20 Å². The number of carbonyl (C=O) groups is 2. The minimum absolute atomic E-state index is 0.0497. The second-order valence-corrected chi connectivity index (χ2v) is 10.8. The van der Waals surface area contributed by atoms with Crippen LogP contribution in [-0.2, 0) is 19.8 Å². The Balaban J connectivity index is 1.44. The summed E-state index contributed by atoms with van der Waals surface area (Å²) in [7, 11) is 1.38. The number of aliphatic imine (C=N–C) groups is 1. The van der Waals surface area contributed by atoms with Crippen molar-refractivity contribution >= 4 is 17.9 Å². The molecule has 7 heteroatoms. The van der Waals surface area contributed by atoms with Crippen LogP contribution in [0.25, 0.3) is 0 Å². The Kier molecular flexibility index (Phi) is 6.40. The molecule has 37 heavy (non-hydrogen) atoms. The molecule has 1 N–H and O–H groups in total. The summed E-state index contributed by atoms with van der Waals surface area (Å²) < 4.78 is 10.4. The molecule has 2 unspecified atom stereocenters. The van der Waals surface area contributed by atoms with Crippen molar-refractivity contribution in [1.29, 1.82) is 0 Å². The lowest BCUT2D eigenvalue weighted by Gasteiger charge is -2.43. The summed E-state index contributed by atoms with van der Waals surface area (Å²) in [6.07, 6.45) is 7.89. The van der Waals surface area contributed by atoms with Crippen LogP contribution in [0, 0.1) is 0 Å². The number of methoxy groups -OCH3 is 1. The zero-order chi connectivity index (χ0) is 26.2. The van der Waals surface area contributed by atoms with Crippen molar-refractivity contribution in [3.63, 3.8) is 0 Å². The maximum Gasteiger partial charge on any atom is 0.408 e. The van der Waals surface area contributed by atoms with E-state index in [0.717, 1.165) is 41.8 Å². The molecule has 2 aromatic carbocycles. The van der Waals surface area contributed by atoms with Crippen molar-refractivity contribution in [2.45, 2.75) is 63.3 Å². The fraction of sp³-hybridized carbons (Fsp3) is 0.367. The van der Waals surface area contributed by atoms with Gasteiger partial charge >= 0.3 is 12.1 Å². The standard InChI is InChI=1S/C30H33N3O4/c1-29(2,3)37-28(35)32-30(16-8-17-30)23-13-11-20(12-14-23)25-26(21-9-6-5-7-10-21)33-18-15-22(27(34)36-4)19-24(33)31-25/h5-7,9-15,18-19,25-26H,8,16-17H2,1-4H3,(H,32,35). The molecule has 1 saturated carbocycles. The van der Waals surface area contributed by atoms with Gasteiger partial charge in [-0.25, -0.2) is 9.59 Å². The molecule has 2 aliphatic heterocycles. The molecule has 3 aliphatic rings. The van der Waals surface area contributed by atoms with Crippen molar-refractivity contribution in [3.8, 4) is 0 Å². The Labute approximate surface area is 217 Å². The van der Waals surface area contributed by atoms with Crippen molar-refractivity contribution in [2.75, 3.05) is 7.11 Å². The van der Waals surface area contributed by atoms with Gasteiger partial charge in [-0.05, 0) is 68.9 Å². The van der Waals surface area contributed by atoms with Gasteiger partial charge in [-0.1, -0.05) is 54.6 Å². The first-order valence-corrected chi connectivity index (χ1v) is 12.7. The number of hydrogen-bond donors (Lipinski definition) is 1. The largest absolute Gasteiger partial charge is 0.465 e. The molecular formula is C30H33N3O4. The maximum atomic E-state index is 12.6. The van der Waals surface area contributed by atoms with Gasteiger partial charge in [-0.3, -0.25) is 4.99 Å². The van der Waals surface area contributed by atoms with Gasteiger partial charge in [0.1, 0.15) is 17.5 Å². The van der Waals surface area contributed by atoms with Crippen LogP contribution in [0.1, 0.15) is 68.8 Å². The summed E-state index contributed by atoms with van der Waals surface area (Å²) in [4.78, 5) is 31.8. The number of hydrogen-bond acceptors (Lipinski definition) is 6. The predicted molar refractivity (Wildman–Crippen MR) is 142 cm³/mol. The van der Waals surface area contributed by atoms with Gasteiger partial charge < -0.3 is 19.7 Å². The Bertz CT molecular complexity index is 1270. The number of benzene rings is 2. The summed E-state index contributed by atoms with van der Waals surface area (Å²) in [5, 5.41) is 3.13. The number of esters is 1. The van der Waals surface area contributed by atoms with Crippen LogP contribution < -0.4 is 5.32 Å². The molecule has 1 fully saturated rings. The lowest BCUT2D eigenvalue weighted by Crippen LogP contribution is -2.52. The lowest BCUT2D eigenvalue weighted by atomic mass is 9.71. The number of alkyl carbamates (subject to hydrolysis) is 1. The number of rotatable bonds is 5. The third-order valence-electron chi connectivity index (χ3n) is 7.15. The highest BCUT2D eigenvalue weighted by Gasteiger charge is 2.42. The van der Waals surface area contributed by atoms with E-state index in [2.05, 4.69) is 46.6 Å². The molecule has 192 valence electrons. The average Bonchev–Trinajstić information content (AvgIpc) is 3.24. The van der Waals surface area contributed by atoms with Crippen molar-refractivity contribution in [3.05, 3.63) is 95.2 Å². The van der Waals surface area contributed by atoms with Crippen LogP contribution in [0.15, 0.2) is 83.5 Å². The molecule has 5 rings (SSSR count). The first-order valence-electron chi connectivity index (χ1n) is 12.7. The van der Waals surface area contributed by atoms with Crippen LogP contribution in [-0.4, -0.2) is 35.5 Å². The normalized spacial score (nSPS) is 21.8. The SMILES string of the molecule is COC(=O)C1=CC2=NC(c3ccc(C4(NC(=O)OC(C)(C)C)CCC4)cc3)C(c3ccccc3)N2C=C1. The zero-order valence-corrected chi connectivity index (χ0v) is 21.7. The minimum Gasteiger partial charge on any atom is -0.465 e. The molecule has 2 atom stereocenters. The Morgan fingerprint density at radius 1 is 1.03 bits per heavy atom. The fourth-order valence-electron chi connectivity index (χ4n) is 5.21. The zero-order valence-electron chi connectivity index (χ0n) is 21.7. The molecule has 0 spiro atoms. The van der Waals surface area contributed by atoms with Gasteiger partial charge in [-0.15, -0.1) is 0 Å². The highest BCUT2D eigenvalue weighted by atomic mass is 16.6. The third kappa shape index (κ3) is 4.90. The van der Waals surface area contributed by atoms with Crippen LogP contribution in [0.2, 0.25) is 0 Å². The summed E-state index contributed by atoms with van der Waals surface area (Å²) in [5.41, 5.74) is 2.79. The van der Waals surface area contributed by atoms with Crippen LogP contribution in [0.3, 0.4) is 0 Å². The van der Waals surface area contributed by atoms with Crippen LogP contribution in [0.4, 0.5) is 4.79 Å². The smallest absolute Gasteiger partial charge is 0.408 e. The molecule has 2 aromatic rings. The minimum atomic E-state index is -0.546. The van der Waals surface area contributed by atoms with E-state index >= 15 is 0 Å². The second kappa shape index (κ2) is 9.54. The van der Waals surface area contributed by atoms with Crippen molar-refractivity contribution < 1.29 is 19.1 Å². The van der Waals surface area contributed by atoms with Crippen molar-refractivity contribution in [1.82, 2.24) is 10.2 Å². The monoisotopic (exact) mass is 499 g/mol. The molecule has 0 aromatic heterocycles. The topological polar surface area (TPSA) is 80.2 Å². The highest BCUT2D eigenvalue weighted by molar-refractivity contribution is 6.05. The Morgan fingerprint density at radius 2 is 1.73 bits per heavy atom. The van der Waals surface area contributed by atoms with E-state index in [9.17, 15) is 9.59 Å².